The van der Waals surface area contributed by atoms with Gasteiger partial charge in [0.1, 0.15) is 11.3 Å². The minimum Gasteiger partial charge on any atom is -0.467 e. The summed E-state index contributed by atoms with van der Waals surface area (Å²) in [5.74, 6) is 0.460. The standard InChI is InChI=1S/C14H16N2O5.V/c1-3-18-14(16)21-13(15)12-7-9-10(19-8-17-2)5-4-6-11(9)20-12;/h4-7,15-16H,3,8H2,1-2H3;. The average molecular weight is 343 g/mol. The molecule has 117 valence electrons. The molecule has 0 unspecified atom stereocenters. The second-order valence-corrected chi connectivity index (χ2v) is 3.98. The third kappa shape index (κ3) is 4.27. The fourth-order valence-electron chi connectivity index (χ4n) is 1.70. The van der Waals surface area contributed by atoms with E-state index in [9.17, 15) is 0 Å². The van der Waals surface area contributed by atoms with Crippen LogP contribution in [0.4, 0.5) is 0 Å². The number of hydrogen-bond donors (Lipinski definition) is 2. The summed E-state index contributed by atoms with van der Waals surface area (Å²) in [6.45, 7) is 2.13. The number of fused-ring (bicyclic) bond motifs is 1. The third-order valence-electron chi connectivity index (χ3n) is 2.55. The van der Waals surface area contributed by atoms with Crippen LogP contribution in [-0.4, -0.2) is 32.5 Å². The molecule has 0 saturated carbocycles. The molecular formula is C14H16N2O5V. The van der Waals surface area contributed by atoms with Crippen molar-refractivity contribution in [3.63, 3.8) is 0 Å². The Kier molecular flexibility index (Phi) is 6.97. The van der Waals surface area contributed by atoms with E-state index in [-0.39, 0.29) is 37.0 Å². The molecule has 2 aromatic rings. The van der Waals surface area contributed by atoms with Crippen molar-refractivity contribution in [3.8, 4) is 5.75 Å². The summed E-state index contributed by atoms with van der Waals surface area (Å²) < 4.78 is 25.5. The van der Waals surface area contributed by atoms with Crippen molar-refractivity contribution in [1.82, 2.24) is 0 Å². The molecular weight excluding hydrogens is 327 g/mol. The molecule has 0 saturated heterocycles. The first-order chi connectivity index (χ1) is 10.2. The summed E-state index contributed by atoms with van der Waals surface area (Å²) in [5, 5.41) is 15.8. The van der Waals surface area contributed by atoms with Crippen LogP contribution in [0, 0.1) is 10.8 Å². The normalized spacial score (nSPS) is 9.91. The predicted octanol–water partition coefficient (Wildman–Crippen LogP) is 2.73. The molecule has 0 fully saturated rings. The van der Waals surface area contributed by atoms with Crippen molar-refractivity contribution in [2.24, 2.45) is 0 Å². The Morgan fingerprint density at radius 2 is 2.05 bits per heavy atom. The zero-order chi connectivity index (χ0) is 15.2. The van der Waals surface area contributed by atoms with E-state index in [1.54, 1.807) is 31.2 Å². The van der Waals surface area contributed by atoms with Gasteiger partial charge in [-0.2, -0.15) is 0 Å². The van der Waals surface area contributed by atoms with Gasteiger partial charge >= 0.3 is 6.08 Å². The van der Waals surface area contributed by atoms with Crippen LogP contribution in [0.1, 0.15) is 12.7 Å². The van der Waals surface area contributed by atoms with Crippen LogP contribution >= 0.6 is 0 Å². The molecule has 1 radical (unpaired) electrons. The third-order valence-corrected chi connectivity index (χ3v) is 2.55. The molecule has 0 aliphatic carbocycles. The topological polar surface area (TPSA) is 97.8 Å². The van der Waals surface area contributed by atoms with Crippen molar-refractivity contribution >= 4 is 23.0 Å². The minimum atomic E-state index is -0.446. The van der Waals surface area contributed by atoms with E-state index in [4.69, 9.17) is 34.2 Å². The van der Waals surface area contributed by atoms with Crippen LogP contribution in [-0.2, 0) is 32.8 Å². The van der Waals surface area contributed by atoms with Crippen LogP contribution in [0.25, 0.3) is 11.0 Å². The Morgan fingerprint density at radius 3 is 2.73 bits per heavy atom. The van der Waals surface area contributed by atoms with E-state index in [1.165, 1.54) is 7.11 Å². The Morgan fingerprint density at radius 1 is 1.27 bits per heavy atom. The number of rotatable bonds is 5. The van der Waals surface area contributed by atoms with Gasteiger partial charge in [-0.05, 0) is 19.1 Å². The van der Waals surface area contributed by atoms with Crippen molar-refractivity contribution in [3.05, 3.63) is 30.0 Å². The maximum Gasteiger partial charge on any atom is 0.387 e. The summed E-state index contributed by atoms with van der Waals surface area (Å²) in [5.41, 5.74) is 0.551. The summed E-state index contributed by atoms with van der Waals surface area (Å²) in [6.07, 6.45) is -0.446. The number of methoxy groups -OCH3 is 1. The fraction of sp³-hybridized carbons (Fsp3) is 0.286. The molecule has 1 aromatic carbocycles. The van der Waals surface area contributed by atoms with Crippen LogP contribution in [0.3, 0.4) is 0 Å². The quantitative estimate of drug-likeness (QED) is 0.494. The van der Waals surface area contributed by atoms with Gasteiger partial charge in [0.25, 0.3) is 5.90 Å². The smallest absolute Gasteiger partial charge is 0.387 e. The maximum atomic E-state index is 7.78. The minimum absolute atomic E-state index is 0. The number of furan rings is 1. The van der Waals surface area contributed by atoms with E-state index >= 15 is 0 Å². The van der Waals surface area contributed by atoms with Gasteiger partial charge in [0.05, 0.1) is 12.0 Å². The Labute approximate surface area is 139 Å². The average Bonchev–Trinajstić information content (AvgIpc) is 2.90. The molecule has 0 spiro atoms. The summed E-state index contributed by atoms with van der Waals surface area (Å²) in [4.78, 5) is 0. The van der Waals surface area contributed by atoms with E-state index in [2.05, 4.69) is 0 Å². The van der Waals surface area contributed by atoms with E-state index in [1.807, 2.05) is 0 Å². The summed E-state index contributed by atoms with van der Waals surface area (Å²) >= 11 is 0. The molecule has 0 amide bonds. The zero-order valence-electron chi connectivity index (χ0n) is 12.2. The van der Waals surface area contributed by atoms with Gasteiger partial charge < -0.3 is 23.4 Å². The van der Waals surface area contributed by atoms with Crippen LogP contribution in [0.2, 0.25) is 0 Å². The van der Waals surface area contributed by atoms with Gasteiger partial charge in [0.15, 0.2) is 12.6 Å². The second-order valence-electron chi connectivity index (χ2n) is 3.98. The molecule has 2 N–H and O–H groups in total. The first-order valence-electron chi connectivity index (χ1n) is 6.28. The molecule has 1 heterocycles. The van der Waals surface area contributed by atoms with Gasteiger partial charge in [-0.1, -0.05) is 6.07 Å². The van der Waals surface area contributed by atoms with Crippen molar-refractivity contribution < 1.29 is 41.9 Å². The maximum absolute atomic E-state index is 7.78. The monoisotopic (exact) mass is 343 g/mol. The number of benzene rings is 1. The summed E-state index contributed by atoms with van der Waals surface area (Å²) in [7, 11) is 1.53. The first kappa shape index (κ1) is 18.1. The van der Waals surface area contributed by atoms with Crippen LogP contribution in [0.15, 0.2) is 28.7 Å². The van der Waals surface area contributed by atoms with Gasteiger partial charge in [-0.15, -0.1) is 0 Å². The molecule has 1 aromatic heterocycles. The van der Waals surface area contributed by atoms with Gasteiger partial charge in [-0.25, -0.2) is 5.41 Å². The molecule has 7 nitrogen and oxygen atoms in total. The molecule has 22 heavy (non-hydrogen) atoms. The zero-order valence-corrected chi connectivity index (χ0v) is 13.6. The predicted molar refractivity (Wildman–Crippen MR) is 76.0 cm³/mol. The molecule has 8 heteroatoms. The van der Waals surface area contributed by atoms with E-state index < -0.39 is 6.08 Å². The number of nitrogens with one attached hydrogen (secondary N) is 2. The fourth-order valence-corrected chi connectivity index (χ4v) is 1.70. The van der Waals surface area contributed by atoms with E-state index in [0.29, 0.717) is 23.3 Å². The largest absolute Gasteiger partial charge is 0.467 e. The first-order valence-corrected chi connectivity index (χ1v) is 6.28. The molecule has 0 aliphatic rings. The molecule has 0 atom stereocenters. The van der Waals surface area contributed by atoms with Crippen LogP contribution < -0.4 is 4.74 Å². The Balaban J connectivity index is 0.00000242. The van der Waals surface area contributed by atoms with Gasteiger partial charge in [0.2, 0.25) is 0 Å². The molecule has 0 aliphatic heterocycles. The van der Waals surface area contributed by atoms with Gasteiger partial charge in [0, 0.05) is 31.7 Å². The number of ether oxygens (including phenoxy) is 4. The summed E-state index contributed by atoms with van der Waals surface area (Å²) in [6, 6.07) is 6.90. The van der Waals surface area contributed by atoms with E-state index in [0.717, 1.165) is 0 Å². The molecule has 2 rings (SSSR count). The van der Waals surface area contributed by atoms with Crippen molar-refractivity contribution in [2.75, 3.05) is 20.5 Å². The second kappa shape index (κ2) is 8.48. The molecule has 0 bridgehead atoms. The Bertz CT molecular complexity index is 656. The van der Waals surface area contributed by atoms with Crippen molar-refractivity contribution in [1.29, 1.82) is 10.8 Å². The Hall–Kier alpha value is -1.96. The van der Waals surface area contributed by atoms with Crippen molar-refractivity contribution in [2.45, 2.75) is 6.92 Å². The van der Waals surface area contributed by atoms with Crippen LogP contribution in [0.5, 0.6) is 5.75 Å². The SMILES string of the molecule is CCOC(=N)OC(=N)c1cc2c(OCOC)cccc2o1.[V]. The number of hydrogen-bond acceptors (Lipinski definition) is 7. The van der Waals surface area contributed by atoms with Gasteiger partial charge in [-0.3, -0.25) is 5.41 Å².